The van der Waals surface area contributed by atoms with E-state index in [-0.39, 0.29) is 0 Å². The molecule has 0 aromatic carbocycles. The van der Waals surface area contributed by atoms with E-state index in [0.717, 1.165) is 36.3 Å². The van der Waals surface area contributed by atoms with Crippen molar-refractivity contribution in [2.45, 2.75) is 71.8 Å². The fourth-order valence-corrected chi connectivity index (χ4v) is 2.92. The van der Waals surface area contributed by atoms with Crippen molar-refractivity contribution in [3.05, 3.63) is 11.9 Å². The predicted octanol–water partition coefficient (Wildman–Crippen LogP) is 4.41. The first-order chi connectivity index (χ1) is 10.1. The summed E-state index contributed by atoms with van der Waals surface area (Å²) >= 11 is 0. The monoisotopic (exact) mass is 290 g/mol. The van der Waals surface area contributed by atoms with Crippen molar-refractivity contribution in [1.82, 2.24) is 9.97 Å². The van der Waals surface area contributed by atoms with Crippen molar-refractivity contribution in [3.63, 3.8) is 0 Å². The fraction of sp³-hybridized carbons (Fsp3) is 0.765. The van der Waals surface area contributed by atoms with Gasteiger partial charge in [-0.1, -0.05) is 40.5 Å². The average molecular weight is 290 g/mol. The molecule has 21 heavy (non-hydrogen) atoms. The van der Waals surface area contributed by atoms with Crippen molar-refractivity contribution in [1.29, 1.82) is 0 Å². The molecule has 1 saturated carbocycles. The summed E-state index contributed by atoms with van der Waals surface area (Å²) < 4.78 is 0. The number of aromatic nitrogens is 2. The van der Waals surface area contributed by atoms with E-state index in [2.05, 4.69) is 49.4 Å². The molecule has 1 heterocycles. The third-order valence-corrected chi connectivity index (χ3v) is 4.10. The normalized spacial score (nSPS) is 22.3. The lowest BCUT2D eigenvalue weighted by atomic mass is 9.87. The molecule has 1 aliphatic carbocycles. The molecule has 2 atom stereocenters. The number of nitrogens with zero attached hydrogens (tertiary/aromatic N) is 2. The minimum Gasteiger partial charge on any atom is -0.370 e. The number of anilines is 2. The van der Waals surface area contributed by atoms with Crippen molar-refractivity contribution < 1.29 is 0 Å². The number of nitrogens with one attached hydrogen (secondary N) is 2. The molecule has 118 valence electrons. The molecule has 4 heteroatoms. The Morgan fingerprint density at radius 2 is 2.00 bits per heavy atom. The summed E-state index contributed by atoms with van der Waals surface area (Å²) in [6, 6.07) is 2.61. The Balaban J connectivity index is 2.11. The molecule has 0 saturated heterocycles. The van der Waals surface area contributed by atoms with Crippen molar-refractivity contribution in [2.24, 2.45) is 5.92 Å². The Kier molecular flexibility index (Phi) is 5.83. The third kappa shape index (κ3) is 4.87. The molecule has 0 bridgehead atoms. The van der Waals surface area contributed by atoms with Crippen LogP contribution in [0.15, 0.2) is 6.07 Å². The highest BCUT2D eigenvalue weighted by Gasteiger charge is 2.19. The summed E-state index contributed by atoms with van der Waals surface area (Å²) in [6.45, 7) is 9.76. The topological polar surface area (TPSA) is 49.8 Å². The first kappa shape index (κ1) is 16.1. The lowest BCUT2D eigenvalue weighted by Crippen LogP contribution is -2.27. The maximum atomic E-state index is 4.70. The van der Waals surface area contributed by atoms with Crippen molar-refractivity contribution in [2.75, 3.05) is 17.2 Å². The summed E-state index contributed by atoms with van der Waals surface area (Å²) in [6.07, 6.45) is 6.29. The summed E-state index contributed by atoms with van der Waals surface area (Å²) in [7, 11) is 0. The second-order valence-electron chi connectivity index (χ2n) is 6.69. The van der Waals surface area contributed by atoms with E-state index >= 15 is 0 Å². The van der Waals surface area contributed by atoms with Gasteiger partial charge in [0, 0.05) is 24.6 Å². The highest BCUT2D eigenvalue weighted by atomic mass is 15.1. The highest BCUT2D eigenvalue weighted by molar-refractivity contribution is 5.48. The molecular formula is C17H30N4. The molecule has 0 radical (unpaired) electrons. The molecule has 1 aromatic heterocycles. The van der Waals surface area contributed by atoms with Crippen LogP contribution in [0, 0.1) is 5.92 Å². The Morgan fingerprint density at radius 3 is 2.67 bits per heavy atom. The van der Waals surface area contributed by atoms with Gasteiger partial charge in [-0.05, 0) is 25.2 Å². The number of rotatable bonds is 6. The predicted molar refractivity (Wildman–Crippen MR) is 89.9 cm³/mol. The SMILES string of the molecule is CCCNc1cc(NC2CCCC(C)C2)nc(C(C)C)n1. The second kappa shape index (κ2) is 7.62. The molecule has 2 rings (SSSR count). The van der Waals surface area contributed by atoms with Crippen LogP contribution in [0.5, 0.6) is 0 Å². The van der Waals surface area contributed by atoms with E-state index in [1.165, 1.54) is 25.7 Å². The molecular weight excluding hydrogens is 260 g/mol. The molecule has 1 aromatic rings. The third-order valence-electron chi connectivity index (χ3n) is 4.10. The first-order valence-corrected chi connectivity index (χ1v) is 8.47. The molecule has 2 unspecified atom stereocenters. The maximum absolute atomic E-state index is 4.70. The summed E-state index contributed by atoms with van der Waals surface area (Å²) in [4.78, 5) is 9.31. The molecule has 0 amide bonds. The van der Waals surface area contributed by atoms with Crippen molar-refractivity contribution in [3.8, 4) is 0 Å². The molecule has 2 N–H and O–H groups in total. The van der Waals surface area contributed by atoms with Crippen LogP contribution in [0.2, 0.25) is 0 Å². The van der Waals surface area contributed by atoms with E-state index < -0.39 is 0 Å². The Hall–Kier alpha value is -1.32. The highest BCUT2D eigenvalue weighted by Crippen LogP contribution is 2.26. The van der Waals surface area contributed by atoms with Crippen LogP contribution in [-0.4, -0.2) is 22.6 Å². The molecule has 1 aliphatic rings. The fourth-order valence-electron chi connectivity index (χ4n) is 2.92. The van der Waals surface area contributed by atoms with Gasteiger partial charge in [-0.3, -0.25) is 0 Å². The minimum absolute atomic E-state index is 0.346. The van der Waals surface area contributed by atoms with Gasteiger partial charge in [0.2, 0.25) is 0 Å². The van der Waals surface area contributed by atoms with E-state index in [0.29, 0.717) is 12.0 Å². The maximum Gasteiger partial charge on any atom is 0.135 e. The number of hydrogen-bond acceptors (Lipinski definition) is 4. The smallest absolute Gasteiger partial charge is 0.135 e. The van der Waals surface area contributed by atoms with Crippen LogP contribution in [0.4, 0.5) is 11.6 Å². The van der Waals surface area contributed by atoms with Gasteiger partial charge >= 0.3 is 0 Å². The standard InChI is InChI=1S/C17H30N4/c1-5-9-18-15-11-16(21-17(20-15)12(2)3)19-14-8-6-7-13(4)10-14/h11-14H,5-10H2,1-4H3,(H2,18,19,20,21). The zero-order valence-electron chi connectivity index (χ0n) is 13.9. The van der Waals surface area contributed by atoms with Gasteiger partial charge in [0.1, 0.15) is 17.5 Å². The summed E-state index contributed by atoms with van der Waals surface area (Å²) in [5, 5.41) is 7.02. The minimum atomic E-state index is 0.346. The van der Waals surface area contributed by atoms with Crippen LogP contribution in [-0.2, 0) is 0 Å². The molecule has 4 nitrogen and oxygen atoms in total. The average Bonchev–Trinajstić information content (AvgIpc) is 2.45. The van der Waals surface area contributed by atoms with Gasteiger partial charge in [-0.15, -0.1) is 0 Å². The lowest BCUT2D eigenvalue weighted by Gasteiger charge is -2.28. The van der Waals surface area contributed by atoms with Crippen LogP contribution in [0.25, 0.3) is 0 Å². The number of hydrogen-bond donors (Lipinski definition) is 2. The van der Waals surface area contributed by atoms with Crippen LogP contribution < -0.4 is 10.6 Å². The quantitative estimate of drug-likeness (QED) is 0.814. The zero-order valence-corrected chi connectivity index (χ0v) is 13.9. The molecule has 0 spiro atoms. The van der Waals surface area contributed by atoms with Crippen molar-refractivity contribution >= 4 is 11.6 Å². The summed E-state index contributed by atoms with van der Waals surface area (Å²) in [5.41, 5.74) is 0. The van der Waals surface area contributed by atoms with Gasteiger partial charge in [-0.2, -0.15) is 0 Å². The van der Waals surface area contributed by atoms with E-state index in [1.807, 2.05) is 0 Å². The Bertz CT molecular complexity index is 444. The second-order valence-corrected chi connectivity index (χ2v) is 6.69. The Labute approximate surface area is 129 Å². The Morgan fingerprint density at radius 1 is 1.24 bits per heavy atom. The summed E-state index contributed by atoms with van der Waals surface area (Å²) in [5.74, 6) is 4.01. The molecule has 1 fully saturated rings. The van der Waals surface area contributed by atoms with Crippen LogP contribution >= 0.6 is 0 Å². The lowest BCUT2D eigenvalue weighted by molar-refractivity contribution is 0.358. The zero-order chi connectivity index (χ0) is 15.2. The van der Waals surface area contributed by atoms with Gasteiger partial charge < -0.3 is 10.6 Å². The van der Waals surface area contributed by atoms with Gasteiger partial charge in [0.25, 0.3) is 0 Å². The van der Waals surface area contributed by atoms with Crippen LogP contribution in [0.1, 0.15) is 71.5 Å². The molecule has 0 aliphatic heterocycles. The van der Waals surface area contributed by atoms with E-state index in [4.69, 9.17) is 4.98 Å². The first-order valence-electron chi connectivity index (χ1n) is 8.47. The van der Waals surface area contributed by atoms with Crippen LogP contribution in [0.3, 0.4) is 0 Å². The van der Waals surface area contributed by atoms with Gasteiger partial charge in [-0.25, -0.2) is 9.97 Å². The van der Waals surface area contributed by atoms with Gasteiger partial charge in [0.15, 0.2) is 0 Å². The largest absolute Gasteiger partial charge is 0.370 e. The van der Waals surface area contributed by atoms with E-state index in [9.17, 15) is 0 Å². The van der Waals surface area contributed by atoms with Gasteiger partial charge in [0.05, 0.1) is 0 Å². The van der Waals surface area contributed by atoms with E-state index in [1.54, 1.807) is 0 Å².